The first-order chi connectivity index (χ1) is 7.20. The van der Waals surface area contributed by atoms with Crippen LogP contribution in [0.3, 0.4) is 0 Å². The van der Waals surface area contributed by atoms with E-state index in [2.05, 4.69) is 0 Å². The molecule has 0 unspecified atom stereocenters. The van der Waals surface area contributed by atoms with Gasteiger partial charge in [0.1, 0.15) is 0 Å². The van der Waals surface area contributed by atoms with Crippen LogP contribution < -0.4 is 4.90 Å². The molecule has 15 heavy (non-hydrogen) atoms. The van der Waals surface area contributed by atoms with Gasteiger partial charge in [-0.25, -0.2) is 13.2 Å². The van der Waals surface area contributed by atoms with Gasteiger partial charge >= 0.3 is 0 Å². The second-order valence-electron chi connectivity index (χ2n) is 3.31. The SMILES string of the molecule is CCCCN(CF)c1cccc(F)c1F. The van der Waals surface area contributed by atoms with Crippen LogP contribution in [0, 0.1) is 11.6 Å². The van der Waals surface area contributed by atoms with Crippen molar-refractivity contribution in [2.45, 2.75) is 19.8 Å². The zero-order chi connectivity index (χ0) is 11.3. The Morgan fingerprint density at radius 3 is 2.60 bits per heavy atom. The fourth-order valence-corrected chi connectivity index (χ4v) is 1.33. The monoisotopic (exact) mass is 217 g/mol. The highest BCUT2D eigenvalue weighted by Gasteiger charge is 2.13. The van der Waals surface area contributed by atoms with E-state index in [0.29, 0.717) is 6.54 Å². The molecule has 0 heterocycles. The molecular formula is C11H14F3N. The highest BCUT2D eigenvalue weighted by molar-refractivity contribution is 5.47. The largest absolute Gasteiger partial charge is 0.342 e. The van der Waals surface area contributed by atoms with Crippen molar-refractivity contribution < 1.29 is 13.2 Å². The van der Waals surface area contributed by atoms with Crippen molar-refractivity contribution in [2.75, 3.05) is 18.2 Å². The van der Waals surface area contributed by atoms with E-state index in [9.17, 15) is 13.2 Å². The molecule has 0 saturated heterocycles. The molecule has 0 aliphatic heterocycles. The summed E-state index contributed by atoms with van der Waals surface area (Å²) in [5.41, 5.74) is -0.00838. The number of hydrogen-bond donors (Lipinski definition) is 0. The normalized spacial score (nSPS) is 10.4. The smallest absolute Gasteiger partial charge is 0.182 e. The molecule has 0 fully saturated rings. The van der Waals surface area contributed by atoms with Crippen LogP contribution in [0.15, 0.2) is 18.2 Å². The second kappa shape index (κ2) is 5.63. The third-order valence-corrected chi connectivity index (χ3v) is 2.20. The van der Waals surface area contributed by atoms with Crippen molar-refractivity contribution in [3.05, 3.63) is 29.8 Å². The third-order valence-electron chi connectivity index (χ3n) is 2.20. The first-order valence-corrected chi connectivity index (χ1v) is 4.95. The van der Waals surface area contributed by atoms with Gasteiger partial charge in [0.2, 0.25) is 0 Å². The average molecular weight is 217 g/mol. The summed E-state index contributed by atoms with van der Waals surface area (Å²) in [5, 5.41) is 0. The quantitative estimate of drug-likeness (QED) is 0.682. The molecule has 0 N–H and O–H groups in total. The van der Waals surface area contributed by atoms with E-state index >= 15 is 0 Å². The van der Waals surface area contributed by atoms with Gasteiger partial charge in [-0.05, 0) is 18.6 Å². The average Bonchev–Trinajstić information content (AvgIpc) is 2.25. The molecule has 1 aromatic carbocycles. The number of hydrogen-bond acceptors (Lipinski definition) is 1. The Balaban J connectivity index is 2.86. The number of rotatable bonds is 5. The number of anilines is 1. The highest BCUT2D eigenvalue weighted by atomic mass is 19.2. The van der Waals surface area contributed by atoms with Crippen LogP contribution >= 0.6 is 0 Å². The first kappa shape index (κ1) is 11.9. The predicted octanol–water partition coefficient (Wildman–Crippen LogP) is 3.50. The van der Waals surface area contributed by atoms with E-state index in [0.717, 1.165) is 18.9 Å². The van der Waals surface area contributed by atoms with Gasteiger partial charge in [0.05, 0.1) is 5.69 Å². The summed E-state index contributed by atoms with van der Waals surface area (Å²) < 4.78 is 38.8. The van der Waals surface area contributed by atoms with Gasteiger partial charge in [0, 0.05) is 6.54 Å². The number of benzene rings is 1. The molecule has 0 amide bonds. The van der Waals surface area contributed by atoms with Crippen molar-refractivity contribution >= 4 is 5.69 Å². The van der Waals surface area contributed by atoms with Crippen molar-refractivity contribution in [3.8, 4) is 0 Å². The van der Waals surface area contributed by atoms with Crippen molar-refractivity contribution in [3.63, 3.8) is 0 Å². The minimum atomic E-state index is -0.980. The Morgan fingerprint density at radius 2 is 2.00 bits per heavy atom. The summed E-state index contributed by atoms with van der Waals surface area (Å²) in [6, 6.07) is 3.78. The minimum Gasteiger partial charge on any atom is -0.342 e. The van der Waals surface area contributed by atoms with Crippen LogP contribution in [0.5, 0.6) is 0 Å². The molecule has 0 saturated carbocycles. The number of unbranched alkanes of at least 4 members (excludes halogenated alkanes) is 1. The molecule has 0 aromatic heterocycles. The van der Waals surface area contributed by atoms with Gasteiger partial charge < -0.3 is 4.90 Å². The Kier molecular flexibility index (Phi) is 4.46. The lowest BCUT2D eigenvalue weighted by molar-refractivity contribution is 0.454. The van der Waals surface area contributed by atoms with Gasteiger partial charge in [-0.15, -0.1) is 0 Å². The first-order valence-electron chi connectivity index (χ1n) is 4.95. The maximum Gasteiger partial charge on any atom is 0.182 e. The maximum atomic E-state index is 13.3. The van der Waals surface area contributed by atoms with Gasteiger partial charge in [-0.3, -0.25) is 0 Å². The number of nitrogens with zero attached hydrogens (tertiary/aromatic N) is 1. The van der Waals surface area contributed by atoms with Crippen molar-refractivity contribution in [1.29, 1.82) is 0 Å². The lowest BCUT2D eigenvalue weighted by Crippen LogP contribution is -2.24. The summed E-state index contributed by atoms with van der Waals surface area (Å²) in [6.07, 6.45) is 1.63. The predicted molar refractivity (Wildman–Crippen MR) is 54.6 cm³/mol. The third kappa shape index (κ3) is 2.88. The molecule has 0 spiro atoms. The van der Waals surface area contributed by atoms with Gasteiger partial charge in [-0.2, -0.15) is 0 Å². The summed E-state index contributed by atoms with van der Waals surface area (Å²) >= 11 is 0. The Labute approximate surface area is 87.5 Å². The fraction of sp³-hybridized carbons (Fsp3) is 0.455. The van der Waals surface area contributed by atoms with Crippen LogP contribution in [0.25, 0.3) is 0 Å². The van der Waals surface area contributed by atoms with E-state index < -0.39 is 18.4 Å². The molecule has 1 rings (SSSR count). The van der Waals surface area contributed by atoms with E-state index in [1.54, 1.807) is 0 Å². The summed E-state index contributed by atoms with van der Waals surface area (Å²) in [4.78, 5) is 1.20. The van der Waals surface area contributed by atoms with Gasteiger partial charge in [0.25, 0.3) is 0 Å². The van der Waals surface area contributed by atoms with Crippen LogP contribution in [0.1, 0.15) is 19.8 Å². The molecule has 0 aliphatic rings. The van der Waals surface area contributed by atoms with E-state index in [1.165, 1.54) is 17.0 Å². The van der Waals surface area contributed by atoms with Crippen molar-refractivity contribution in [2.24, 2.45) is 0 Å². The topological polar surface area (TPSA) is 3.24 Å². The zero-order valence-electron chi connectivity index (χ0n) is 8.64. The standard InChI is InChI=1S/C11H14F3N/c1-2-3-7-15(8-12)10-6-4-5-9(13)11(10)14/h4-6H,2-3,7-8H2,1H3. The van der Waals surface area contributed by atoms with Crippen LogP contribution in [-0.2, 0) is 0 Å². The molecule has 0 aliphatic carbocycles. The minimum absolute atomic E-state index is 0.00838. The lowest BCUT2D eigenvalue weighted by Gasteiger charge is -2.21. The molecule has 1 nitrogen and oxygen atoms in total. The molecule has 84 valence electrons. The summed E-state index contributed by atoms with van der Waals surface area (Å²) in [5.74, 6) is -1.92. The van der Waals surface area contributed by atoms with Crippen molar-refractivity contribution in [1.82, 2.24) is 0 Å². The summed E-state index contributed by atoms with van der Waals surface area (Å²) in [6.45, 7) is 1.55. The molecule has 1 aromatic rings. The second-order valence-corrected chi connectivity index (χ2v) is 3.31. The number of halogens is 3. The lowest BCUT2D eigenvalue weighted by atomic mass is 10.2. The van der Waals surface area contributed by atoms with Crippen LogP contribution in [0.2, 0.25) is 0 Å². The maximum absolute atomic E-state index is 13.3. The highest BCUT2D eigenvalue weighted by Crippen LogP contribution is 2.21. The summed E-state index contributed by atoms with van der Waals surface area (Å²) in [7, 11) is 0. The Bertz CT molecular complexity index is 315. The van der Waals surface area contributed by atoms with Crippen LogP contribution in [0.4, 0.5) is 18.9 Å². The fourth-order valence-electron chi connectivity index (χ4n) is 1.33. The Morgan fingerprint density at radius 1 is 1.27 bits per heavy atom. The molecule has 4 heteroatoms. The molecular weight excluding hydrogens is 203 g/mol. The molecule has 0 bridgehead atoms. The molecule has 0 radical (unpaired) electrons. The van der Waals surface area contributed by atoms with E-state index in [4.69, 9.17) is 0 Å². The van der Waals surface area contributed by atoms with Gasteiger partial charge in [0.15, 0.2) is 18.4 Å². The van der Waals surface area contributed by atoms with E-state index in [-0.39, 0.29) is 5.69 Å². The Hall–Kier alpha value is -1.19. The van der Waals surface area contributed by atoms with Gasteiger partial charge in [-0.1, -0.05) is 19.4 Å². The van der Waals surface area contributed by atoms with E-state index in [1.807, 2.05) is 6.92 Å². The molecule has 0 atom stereocenters. The van der Waals surface area contributed by atoms with Crippen LogP contribution in [-0.4, -0.2) is 13.3 Å². The zero-order valence-corrected chi connectivity index (χ0v) is 8.64. The number of alkyl halides is 1.